The van der Waals surface area contributed by atoms with Crippen LogP contribution in [0.25, 0.3) is 0 Å². The molecule has 88 valence electrons. The van der Waals surface area contributed by atoms with Crippen molar-refractivity contribution in [1.82, 2.24) is 14.9 Å². The standard InChI is InChI=1S/C10H15ClN4O/c1-7(2)15(9(16)5-12)6-8-10(11)14-4-3-13-8/h3-4,7H,5-6,12H2,1-2H3. The van der Waals surface area contributed by atoms with Crippen LogP contribution in [0.3, 0.4) is 0 Å². The third kappa shape index (κ3) is 3.15. The maximum absolute atomic E-state index is 11.6. The van der Waals surface area contributed by atoms with Crippen molar-refractivity contribution in [2.75, 3.05) is 6.54 Å². The van der Waals surface area contributed by atoms with Crippen molar-refractivity contribution in [3.8, 4) is 0 Å². The minimum absolute atomic E-state index is 0.0178. The quantitative estimate of drug-likeness (QED) is 0.849. The first-order valence-corrected chi connectivity index (χ1v) is 5.39. The van der Waals surface area contributed by atoms with Crippen molar-refractivity contribution in [3.63, 3.8) is 0 Å². The van der Waals surface area contributed by atoms with Crippen molar-refractivity contribution in [2.45, 2.75) is 26.4 Å². The van der Waals surface area contributed by atoms with Gasteiger partial charge in [-0.2, -0.15) is 0 Å². The molecular formula is C10H15ClN4O. The molecule has 1 amide bonds. The largest absolute Gasteiger partial charge is 0.333 e. The second-order valence-corrected chi connectivity index (χ2v) is 3.97. The van der Waals surface area contributed by atoms with Gasteiger partial charge in [0.1, 0.15) is 0 Å². The second-order valence-electron chi connectivity index (χ2n) is 3.61. The second kappa shape index (κ2) is 5.77. The zero-order chi connectivity index (χ0) is 12.1. The SMILES string of the molecule is CC(C)N(Cc1nccnc1Cl)C(=O)CN. The fourth-order valence-corrected chi connectivity index (χ4v) is 1.46. The molecule has 0 fully saturated rings. The summed E-state index contributed by atoms with van der Waals surface area (Å²) in [5.74, 6) is -0.128. The molecule has 1 aromatic heterocycles. The molecule has 6 heteroatoms. The first-order valence-electron chi connectivity index (χ1n) is 5.01. The first kappa shape index (κ1) is 12.9. The van der Waals surface area contributed by atoms with E-state index in [1.165, 1.54) is 6.20 Å². The van der Waals surface area contributed by atoms with E-state index < -0.39 is 0 Å². The molecule has 5 nitrogen and oxygen atoms in total. The molecule has 0 aliphatic rings. The van der Waals surface area contributed by atoms with E-state index >= 15 is 0 Å². The van der Waals surface area contributed by atoms with Crippen molar-refractivity contribution < 1.29 is 4.79 Å². The molecule has 0 aliphatic heterocycles. The Morgan fingerprint density at radius 3 is 2.62 bits per heavy atom. The molecule has 2 N–H and O–H groups in total. The maximum atomic E-state index is 11.6. The van der Waals surface area contributed by atoms with E-state index in [1.54, 1.807) is 11.1 Å². The van der Waals surface area contributed by atoms with Gasteiger partial charge in [-0.05, 0) is 13.8 Å². The Hall–Kier alpha value is -1.20. The predicted octanol–water partition coefficient (Wildman–Crippen LogP) is 0.826. The summed E-state index contributed by atoms with van der Waals surface area (Å²) in [7, 11) is 0. The van der Waals surface area contributed by atoms with E-state index in [0.29, 0.717) is 17.4 Å². The van der Waals surface area contributed by atoms with E-state index in [9.17, 15) is 4.79 Å². The number of hydrogen-bond acceptors (Lipinski definition) is 4. The summed E-state index contributed by atoms with van der Waals surface area (Å²) in [5.41, 5.74) is 5.93. The Morgan fingerprint density at radius 1 is 1.50 bits per heavy atom. The molecule has 0 bridgehead atoms. The molecule has 0 atom stereocenters. The minimum Gasteiger partial charge on any atom is -0.333 e. The number of carbonyl (C=O) groups is 1. The lowest BCUT2D eigenvalue weighted by atomic mass is 10.3. The smallest absolute Gasteiger partial charge is 0.236 e. The summed E-state index contributed by atoms with van der Waals surface area (Å²) in [6.07, 6.45) is 3.06. The van der Waals surface area contributed by atoms with Gasteiger partial charge in [-0.25, -0.2) is 4.98 Å². The molecule has 16 heavy (non-hydrogen) atoms. The maximum Gasteiger partial charge on any atom is 0.236 e. The van der Waals surface area contributed by atoms with Gasteiger partial charge in [0.05, 0.1) is 18.8 Å². The molecule has 1 heterocycles. The van der Waals surface area contributed by atoms with Crippen LogP contribution in [0.5, 0.6) is 0 Å². The molecule has 0 spiro atoms. The normalized spacial score (nSPS) is 10.6. The Morgan fingerprint density at radius 2 is 2.12 bits per heavy atom. The fraction of sp³-hybridized carbons (Fsp3) is 0.500. The van der Waals surface area contributed by atoms with Gasteiger partial charge in [-0.15, -0.1) is 0 Å². The van der Waals surface area contributed by atoms with Gasteiger partial charge in [0.25, 0.3) is 0 Å². The van der Waals surface area contributed by atoms with Gasteiger partial charge in [0, 0.05) is 18.4 Å². The highest BCUT2D eigenvalue weighted by Crippen LogP contribution is 2.13. The molecule has 0 saturated carbocycles. The van der Waals surface area contributed by atoms with Crippen LogP contribution in [-0.4, -0.2) is 33.4 Å². The Labute approximate surface area is 99.6 Å². The van der Waals surface area contributed by atoms with Gasteiger partial charge >= 0.3 is 0 Å². The highest BCUT2D eigenvalue weighted by molar-refractivity contribution is 6.29. The number of nitrogens with zero attached hydrogens (tertiary/aromatic N) is 3. The average molecular weight is 243 g/mol. The first-order chi connectivity index (χ1) is 7.56. The summed E-state index contributed by atoms with van der Waals surface area (Å²) in [4.78, 5) is 21.2. The fourth-order valence-electron chi connectivity index (χ4n) is 1.29. The molecule has 0 aliphatic carbocycles. The highest BCUT2D eigenvalue weighted by Gasteiger charge is 2.17. The van der Waals surface area contributed by atoms with E-state index in [-0.39, 0.29) is 18.5 Å². The minimum atomic E-state index is -0.128. The number of hydrogen-bond donors (Lipinski definition) is 1. The van der Waals surface area contributed by atoms with Crippen molar-refractivity contribution in [3.05, 3.63) is 23.2 Å². The molecule has 0 unspecified atom stereocenters. The lowest BCUT2D eigenvalue weighted by Gasteiger charge is -2.25. The number of carbonyl (C=O) groups excluding carboxylic acids is 1. The summed E-state index contributed by atoms with van der Waals surface area (Å²) in [6, 6.07) is 0.0501. The molecule has 0 saturated heterocycles. The Kier molecular flexibility index (Phi) is 4.64. The zero-order valence-electron chi connectivity index (χ0n) is 9.35. The lowest BCUT2D eigenvalue weighted by molar-refractivity contribution is -0.132. The topological polar surface area (TPSA) is 72.1 Å². The summed E-state index contributed by atoms with van der Waals surface area (Å²) >= 11 is 5.88. The molecule has 0 aromatic carbocycles. The Bertz CT molecular complexity index is 370. The Balaban J connectivity index is 2.84. The van der Waals surface area contributed by atoms with Crippen molar-refractivity contribution in [2.24, 2.45) is 5.73 Å². The van der Waals surface area contributed by atoms with E-state index in [4.69, 9.17) is 17.3 Å². The number of aromatic nitrogens is 2. The van der Waals surface area contributed by atoms with Crippen LogP contribution in [0, 0.1) is 0 Å². The molecular weight excluding hydrogens is 228 g/mol. The van der Waals surface area contributed by atoms with Gasteiger partial charge < -0.3 is 10.6 Å². The number of halogens is 1. The zero-order valence-corrected chi connectivity index (χ0v) is 10.1. The third-order valence-corrected chi connectivity index (χ3v) is 2.48. The molecule has 0 radical (unpaired) electrons. The summed E-state index contributed by atoms with van der Waals surface area (Å²) < 4.78 is 0. The lowest BCUT2D eigenvalue weighted by Crippen LogP contribution is -2.40. The van der Waals surface area contributed by atoms with Crippen LogP contribution in [-0.2, 0) is 11.3 Å². The van der Waals surface area contributed by atoms with Crippen LogP contribution >= 0.6 is 11.6 Å². The van der Waals surface area contributed by atoms with Crippen LogP contribution in [0.2, 0.25) is 5.15 Å². The van der Waals surface area contributed by atoms with E-state index in [0.717, 1.165) is 0 Å². The number of rotatable bonds is 4. The van der Waals surface area contributed by atoms with E-state index in [2.05, 4.69) is 9.97 Å². The number of nitrogens with two attached hydrogens (primary N) is 1. The van der Waals surface area contributed by atoms with Crippen LogP contribution in [0.1, 0.15) is 19.5 Å². The third-order valence-electron chi connectivity index (χ3n) is 2.16. The van der Waals surface area contributed by atoms with Gasteiger partial charge in [0.15, 0.2) is 5.15 Å². The van der Waals surface area contributed by atoms with Crippen LogP contribution < -0.4 is 5.73 Å². The van der Waals surface area contributed by atoms with Gasteiger partial charge in [0.2, 0.25) is 5.91 Å². The highest BCUT2D eigenvalue weighted by atomic mass is 35.5. The van der Waals surface area contributed by atoms with Gasteiger partial charge in [-0.1, -0.05) is 11.6 Å². The number of amides is 1. The van der Waals surface area contributed by atoms with E-state index in [1.807, 2.05) is 13.8 Å². The summed E-state index contributed by atoms with van der Waals surface area (Å²) in [6.45, 7) is 4.14. The van der Waals surface area contributed by atoms with Crippen LogP contribution in [0.4, 0.5) is 0 Å². The monoisotopic (exact) mass is 242 g/mol. The van der Waals surface area contributed by atoms with Crippen molar-refractivity contribution >= 4 is 17.5 Å². The molecule has 1 rings (SSSR count). The average Bonchev–Trinajstić information content (AvgIpc) is 2.26. The van der Waals surface area contributed by atoms with Gasteiger partial charge in [-0.3, -0.25) is 9.78 Å². The van der Waals surface area contributed by atoms with Crippen LogP contribution in [0.15, 0.2) is 12.4 Å². The predicted molar refractivity (Wildman–Crippen MR) is 61.8 cm³/mol. The summed E-state index contributed by atoms with van der Waals surface area (Å²) in [5, 5.41) is 0.318. The van der Waals surface area contributed by atoms with Crippen molar-refractivity contribution in [1.29, 1.82) is 0 Å². The molecule has 1 aromatic rings.